The molecule has 44 heavy (non-hydrogen) atoms. The van der Waals surface area contributed by atoms with Gasteiger partial charge in [0.05, 0.1) is 25.6 Å². The van der Waals surface area contributed by atoms with Gasteiger partial charge in [0, 0.05) is 19.7 Å². The molecule has 2 fully saturated rings. The molecule has 2 aliphatic heterocycles. The van der Waals surface area contributed by atoms with Crippen LogP contribution in [0.1, 0.15) is 18.9 Å². The van der Waals surface area contributed by atoms with Gasteiger partial charge in [-0.2, -0.15) is 9.97 Å². The largest absolute Gasteiger partial charge is 0.469 e. The van der Waals surface area contributed by atoms with Crippen LogP contribution in [0.4, 0.5) is 11.8 Å². The molecule has 5 rings (SSSR count). The molecule has 8 atom stereocenters. The van der Waals surface area contributed by atoms with Gasteiger partial charge in [-0.3, -0.25) is 28.0 Å². The maximum atomic E-state index is 12.3. The first-order valence-corrected chi connectivity index (χ1v) is 16.7. The van der Waals surface area contributed by atoms with Gasteiger partial charge in [0.25, 0.3) is 5.56 Å². The van der Waals surface area contributed by atoms with E-state index in [2.05, 4.69) is 24.5 Å². The van der Waals surface area contributed by atoms with Gasteiger partial charge in [0.15, 0.2) is 23.6 Å². The summed E-state index contributed by atoms with van der Waals surface area (Å²) in [6.07, 6.45) is -5.60. The maximum Gasteiger partial charge on any atom is 0.469 e. The first kappa shape index (κ1) is 32.7. The average Bonchev–Trinajstić information content (AvgIpc) is 3.60. The maximum absolute atomic E-state index is 12.3. The second-order valence-electron chi connectivity index (χ2n) is 9.66. The Hall–Kier alpha value is -2.69. The highest BCUT2D eigenvalue weighted by molar-refractivity contribution is 8.07. The molecule has 3 aromatic heterocycles. The minimum absolute atomic E-state index is 0.00445. The number of nitrogen functional groups attached to an aromatic ring is 2. The van der Waals surface area contributed by atoms with Crippen molar-refractivity contribution in [1.29, 1.82) is 0 Å². The summed E-state index contributed by atoms with van der Waals surface area (Å²) in [7, 11) is -3.72. The number of nitrogens with zero attached hydrogens (tertiary/aromatic N) is 5. The molecule has 0 bridgehead atoms. The number of phosphoric acid groups is 1. The third kappa shape index (κ3) is 7.07. The van der Waals surface area contributed by atoms with Crippen molar-refractivity contribution in [1.82, 2.24) is 29.1 Å². The van der Waals surface area contributed by atoms with Crippen LogP contribution in [0.2, 0.25) is 0 Å². The number of nitrogens with one attached hydrogen (secondary N) is 1. The number of aliphatic hydroxyl groups is 1. The summed E-state index contributed by atoms with van der Waals surface area (Å²) in [5, 5.41) is 10.5. The summed E-state index contributed by atoms with van der Waals surface area (Å²) in [6, 6.07) is 1.36. The van der Waals surface area contributed by atoms with Gasteiger partial charge >= 0.3 is 20.2 Å². The molecule has 0 aliphatic carbocycles. The van der Waals surface area contributed by atoms with Crippen LogP contribution in [0.3, 0.4) is 0 Å². The number of hydrogen-bond donors (Lipinski definition) is 7. The molecule has 1 unspecified atom stereocenters. The Balaban J connectivity index is 1.33. The van der Waals surface area contributed by atoms with Crippen molar-refractivity contribution in [2.24, 2.45) is 0 Å². The van der Waals surface area contributed by atoms with E-state index in [1.165, 1.54) is 30.3 Å². The zero-order valence-corrected chi connectivity index (χ0v) is 25.2. The molecule has 9 N–H and O–H groups in total. The van der Waals surface area contributed by atoms with Crippen LogP contribution in [0, 0.1) is 0 Å². The van der Waals surface area contributed by atoms with Gasteiger partial charge in [0.2, 0.25) is 5.95 Å². The average molecular weight is 683 g/mol. The van der Waals surface area contributed by atoms with Gasteiger partial charge in [0.1, 0.15) is 30.2 Å². The Morgan fingerprint density at radius 1 is 1.11 bits per heavy atom. The number of phosphoric ester groups is 1. The van der Waals surface area contributed by atoms with E-state index >= 15 is 0 Å². The lowest BCUT2D eigenvalue weighted by Gasteiger charge is -2.27. The van der Waals surface area contributed by atoms with Crippen molar-refractivity contribution in [3.8, 4) is 0 Å². The minimum atomic E-state index is -4.98. The second-order valence-corrected chi connectivity index (χ2v) is 13.7. The molecule has 5 heterocycles. The van der Waals surface area contributed by atoms with E-state index in [1.807, 2.05) is 0 Å². The Bertz CT molecular complexity index is 1730. The van der Waals surface area contributed by atoms with Crippen molar-refractivity contribution >= 4 is 49.3 Å². The van der Waals surface area contributed by atoms with Crippen LogP contribution in [-0.2, 0) is 44.2 Å². The zero-order valence-electron chi connectivity index (χ0n) is 22.6. The smallest absolute Gasteiger partial charge is 0.388 e. The van der Waals surface area contributed by atoms with Crippen molar-refractivity contribution in [3.63, 3.8) is 0 Å². The Morgan fingerprint density at radius 2 is 1.86 bits per heavy atom. The number of aromatic nitrogens is 6. The fourth-order valence-corrected chi connectivity index (χ4v) is 6.61. The number of rotatable bonds is 11. The van der Waals surface area contributed by atoms with Gasteiger partial charge in [-0.1, -0.05) is 0 Å². The summed E-state index contributed by atoms with van der Waals surface area (Å²) >= 11 is 5.19. The Morgan fingerprint density at radius 3 is 2.55 bits per heavy atom. The summed E-state index contributed by atoms with van der Waals surface area (Å²) in [6.45, 7) is -5.31. The fourth-order valence-electron chi connectivity index (χ4n) is 4.81. The lowest BCUT2D eigenvalue weighted by atomic mass is 10.1. The van der Waals surface area contributed by atoms with E-state index in [-0.39, 0.29) is 36.0 Å². The lowest BCUT2D eigenvalue weighted by molar-refractivity contribution is -0.0578. The first-order valence-electron chi connectivity index (χ1n) is 12.6. The molecule has 0 saturated carbocycles. The van der Waals surface area contributed by atoms with E-state index < -0.39 is 75.4 Å². The summed E-state index contributed by atoms with van der Waals surface area (Å²) in [5.74, 6) is -0.229. The number of aliphatic hydroxyl groups excluding tert-OH is 1. The molecule has 2 saturated heterocycles. The van der Waals surface area contributed by atoms with E-state index in [0.717, 1.165) is 4.57 Å². The zero-order chi connectivity index (χ0) is 32.0. The molecule has 24 heteroatoms. The highest BCUT2D eigenvalue weighted by Gasteiger charge is 2.50. The number of H-pyrrole nitrogens is 1. The van der Waals surface area contributed by atoms with Crippen LogP contribution in [0.5, 0.6) is 0 Å². The standard InChI is InChI=1S/C20H28N8O13P2S/c1-36-14-13(41-43(35,44)38-5-8-4-9(29)17(39-8)27-3-2-11(21)24-20(27)31)10(6-37-42(32,33)34)40-18(14)28-7-23-12-15(28)25-19(22)26-16(12)30/h2-3,7-10,13-14,17-18,29H,4-6H2,1H3,(H,35,44)(H2,21,24,31)(H2,32,33,34)(H3,22,25,26,30)/t8-,9+,10+,13+,14+,17+,18+,43?/m0/s1. The number of fused-ring (bicyclic) bond motifs is 1. The molecule has 2 aliphatic rings. The number of ether oxygens (including phenoxy) is 3. The molecular formula is C20H28N8O13P2S. The summed E-state index contributed by atoms with van der Waals surface area (Å²) in [5.41, 5.74) is 9.71. The van der Waals surface area contributed by atoms with Crippen LogP contribution in [-0.4, -0.2) is 99.7 Å². The quantitative estimate of drug-likeness (QED) is 0.106. The molecular weight excluding hydrogens is 654 g/mol. The number of hydrogen-bond acceptors (Lipinski definition) is 16. The molecule has 3 aromatic rings. The number of aromatic amines is 1. The summed E-state index contributed by atoms with van der Waals surface area (Å²) in [4.78, 5) is 67.9. The minimum Gasteiger partial charge on any atom is -0.388 e. The van der Waals surface area contributed by atoms with Gasteiger partial charge < -0.3 is 50.0 Å². The van der Waals surface area contributed by atoms with E-state index in [1.54, 1.807) is 0 Å². The Kier molecular flexibility index (Phi) is 9.36. The van der Waals surface area contributed by atoms with Crippen LogP contribution < -0.4 is 22.7 Å². The molecule has 0 radical (unpaired) electrons. The third-order valence-corrected chi connectivity index (χ3v) is 8.70. The van der Waals surface area contributed by atoms with Crippen molar-refractivity contribution in [2.75, 3.05) is 31.8 Å². The number of imidazole rings is 1. The third-order valence-electron chi connectivity index (χ3n) is 6.66. The van der Waals surface area contributed by atoms with Crippen molar-refractivity contribution < 1.29 is 52.1 Å². The molecule has 0 spiro atoms. The number of methoxy groups -OCH3 is 1. The molecule has 242 valence electrons. The van der Waals surface area contributed by atoms with E-state index in [0.29, 0.717) is 0 Å². The van der Waals surface area contributed by atoms with Gasteiger partial charge in [-0.05, 0) is 17.9 Å². The number of nitrogens with two attached hydrogens (primary N) is 2. The Labute approximate surface area is 251 Å². The molecule has 0 aromatic carbocycles. The van der Waals surface area contributed by atoms with Crippen molar-refractivity contribution in [2.45, 2.75) is 49.4 Å². The predicted molar refractivity (Wildman–Crippen MR) is 150 cm³/mol. The fraction of sp³-hybridized carbons (Fsp3) is 0.550. The summed E-state index contributed by atoms with van der Waals surface area (Å²) < 4.78 is 46.8. The van der Waals surface area contributed by atoms with Crippen LogP contribution >= 0.6 is 14.5 Å². The second kappa shape index (κ2) is 12.6. The molecule has 0 amide bonds. The topological polar surface area (TPSA) is 304 Å². The lowest BCUT2D eigenvalue weighted by Crippen LogP contribution is -2.37. The van der Waals surface area contributed by atoms with E-state index in [4.69, 9.17) is 46.5 Å². The van der Waals surface area contributed by atoms with Crippen molar-refractivity contribution in [3.05, 3.63) is 39.4 Å². The highest BCUT2D eigenvalue weighted by atomic mass is 32.5. The normalized spacial score (nSPS) is 28.9. The predicted octanol–water partition coefficient (Wildman–Crippen LogP) is -2.17. The monoisotopic (exact) mass is 682 g/mol. The van der Waals surface area contributed by atoms with E-state index in [9.17, 15) is 33.9 Å². The number of anilines is 2. The van der Waals surface area contributed by atoms with Crippen LogP contribution in [0.25, 0.3) is 11.2 Å². The highest BCUT2D eigenvalue weighted by Crippen LogP contribution is 2.50. The van der Waals surface area contributed by atoms with Gasteiger partial charge in [-0.25, -0.2) is 14.3 Å². The SMILES string of the molecule is CO[C@@H]1[C@H](OP(O)(=S)OC[C@@H]2C[C@@H](O)[C@H](n3ccc(N)nc3=O)O2)[C@@H](COP(=O)(O)O)O[C@H]1n1cnc2c(=O)[nH]c(N)nc21. The first-order chi connectivity index (χ1) is 20.7. The van der Waals surface area contributed by atoms with Gasteiger partial charge in [-0.15, -0.1) is 0 Å². The molecule has 21 nitrogen and oxygen atoms in total. The van der Waals surface area contributed by atoms with Crippen LogP contribution in [0.15, 0.2) is 28.2 Å².